The zero-order chi connectivity index (χ0) is 15.7. The van der Waals surface area contributed by atoms with Gasteiger partial charge in [0.2, 0.25) is 0 Å². The van der Waals surface area contributed by atoms with Gasteiger partial charge in [0, 0.05) is 32.8 Å². The van der Waals surface area contributed by atoms with Crippen molar-refractivity contribution in [1.82, 2.24) is 4.90 Å². The standard InChI is InChI=1S/C15H23Br2NO3/c1-3-20-7-5-18(6-8-21-4-2)11-12-9-13(16)15(19)14(17)10-12/h9-10,19H,3-8,11H2,1-2H3. The Balaban J connectivity index is 2.65. The molecule has 0 radical (unpaired) electrons. The SMILES string of the molecule is CCOCCN(CCOCC)Cc1cc(Br)c(O)c(Br)c1. The minimum absolute atomic E-state index is 0.230. The Kier molecular flexibility index (Phi) is 9.51. The van der Waals surface area contributed by atoms with E-state index in [-0.39, 0.29) is 5.75 Å². The predicted octanol–water partition coefficient (Wildman–Crippen LogP) is 3.79. The molecule has 0 atom stereocenters. The average Bonchev–Trinajstić information content (AvgIpc) is 2.45. The van der Waals surface area contributed by atoms with Gasteiger partial charge < -0.3 is 14.6 Å². The third-order valence-electron chi connectivity index (χ3n) is 2.99. The quantitative estimate of drug-likeness (QED) is 0.580. The first-order chi connectivity index (χ1) is 10.1. The van der Waals surface area contributed by atoms with Crippen LogP contribution in [0.1, 0.15) is 19.4 Å². The molecular formula is C15H23Br2NO3. The molecule has 0 aliphatic heterocycles. The molecule has 0 spiro atoms. The summed E-state index contributed by atoms with van der Waals surface area (Å²) >= 11 is 6.73. The van der Waals surface area contributed by atoms with Crippen LogP contribution in [0.3, 0.4) is 0 Å². The van der Waals surface area contributed by atoms with Gasteiger partial charge in [-0.15, -0.1) is 0 Å². The lowest BCUT2D eigenvalue weighted by atomic mass is 10.2. The number of ether oxygens (including phenoxy) is 2. The molecule has 0 aliphatic carbocycles. The molecule has 21 heavy (non-hydrogen) atoms. The molecule has 4 nitrogen and oxygen atoms in total. The van der Waals surface area contributed by atoms with E-state index in [1.165, 1.54) is 0 Å². The van der Waals surface area contributed by atoms with Gasteiger partial charge in [-0.3, -0.25) is 4.90 Å². The van der Waals surface area contributed by atoms with Crippen molar-refractivity contribution < 1.29 is 14.6 Å². The van der Waals surface area contributed by atoms with Crippen LogP contribution >= 0.6 is 31.9 Å². The minimum Gasteiger partial charge on any atom is -0.506 e. The van der Waals surface area contributed by atoms with Crippen molar-refractivity contribution in [3.63, 3.8) is 0 Å². The van der Waals surface area contributed by atoms with E-state index in [1.807, 2.05) is 26.0 Å². The van der Waals surface area contributed by atoms with Crippen molar-refractivity contribution in [2.24, 2.45) is 0 Å². The molecule has 0 amide bonds. The summed E-state index contributed by atoms with van der Waals surface area (Å²) in [6.45, 7) is 9.39. The van der Waals surface area contributed by atoms with Gasteiger partial charge in [0.25, 0.3) is 0 Å². The summed E-state index contributed by atoms with van der Waals surface area (Å²) in [5.41, 5.74) is 1.12. The average molecular weight is 425 g/mol. The van der Waals surface area contributed by atoms with Crippen LogP contribution in [0.4, 0.5) is 0 Å². The number of phenolic OH excluding ortho intramolecular Hbond substituents is 1. The second kappa shape index (κ2) is 10.6. The molecule has 6 heteroatoms. The molecular weight excluding hydrogens is 402 g/mol. The second-order valence-corrected chi connectivity index (χ2v) is 6.29. The van der Waals surface area contributed by atoms with E-state index in [2.05, 4.69) is 36.8 Å². The molecule has 0 aliphatic rings. The van der Waals surface area contributed by atoms with Crippen molar-refractivity contribution >= 4 is 31.9 Å². The van der Waals surface area contributed by atoms with E-state index in [4.69, 9.17) is 9.47 Å². The normalized spacial score (nSPS) is 11.3. The zero-order valence-corrected chi connectivity index (χ0v) is 15.7. The van der Waals surface area contributed by atoms with Crippen LogP contribution in [-0.2, 0) is 16.0 Å². The fourth-order valence-corrected chi connectivity index (χ4v) is 3.19. The van der Waals surface area contributed by atoms with Crippen molar-refractivity contribution in [1.29, 1.82) is 0 Å². The minimum atomic E-state index is 0.230. The highest BCUT2D eigenvalue weighted by Crippen LogP contribution is 2.33. The van der Waals surface area contributed by atoms with Gasteiger partial charge in [-0.1, -0.05) is 0 Å². The number of benzene rings is 1. The second-order valence-electron chi connectivity index (χ2n) is 4.58. The molecule has 0 saturated carbocycles. The van der Waals surface area contributed by atoms with Gasteiger partial charge in [0.1, 0.15) is 5.75 Å². The van der Waals surface area contributed by atoms with Crippen LogP contribution in [0.25, 0.3) is 0 Å². The van der Waals surface area contributed by atoms with Gasteiger partial charge in [-0.25, -0.2) is 0 Å². The number of aromatic hydroxyl groups is 1. The van der Waals surface area contributed by atoms with Crippen LogP contribution in [0, 0.1) is 0 Å². The molecule has 0 saturated heterocycles. The molecule has 1 rings (SSSR count). The van der Waals surface area contributed by atoms with E-state index < -0.39 is 0 Å². The number of phenols is 1. The molecule has 0 bridgehead atoms. The maximum Gasteiger partial charge on any atom is 0.143 e. The van der Waals surface area contributed by atoms with Crippen molar-refractivity contribution in [3.05, 3.63) is 26.6 Å². The van der Waals surface area contributed by atoms with Crippen LogP contribution in [-0.4, -0.2) is 49.5 Å². The fraction of sp³-hybridized carbons (Fsp3) is 0.600. The van der Waals surface area contributed by atoms with Gasteiger partial charge in [0.15, 0.2) is 0 Å². The molecule has 0 heterocycles. The Morgan fingerprint density at radius 2 is 1.48 bits per heavy atom. The Bertz CT molecular complexity index is 396. The summed E-state index contributed by atoms with van der Waals surface area (Å²) in [4.78, 5) is 2.29. The molecule has 1 aromatic carbocycles. The summed E-state index contributed by atoms with van der Waals surface area (Å²) in [6.07, 6.45) is 0. The number of halogens is 2. The van der Waals surface area contributed by atoms with Gasteiger partial charge >= 0.3 is 0 Å². The highest BCUT2D eigenvalue weighted by Gasteiger charge is 2.10. The van der Waals surface area contributed by atoms with E-state index in [0.717, 1.165) is 38.4 Å². The van der Waals surface area contributed by atoms with Crippen LogP contribution < -0.4 is 0 Å². The van der Waals surface area contributed by atoms with E-state index in [1.54, 1.807) is 0 Å². The Morgan fingerprint density at radius 1 is 1.00 bits per heavy atom. The molecule has 0 fully saturated rings. The smallest absolute Gasteiger partial charge is 0.143 e. The molecule has 0 unspecified atom stereocenters. The van der Waals surface area contributed by atoms with Gasteiger partial charge in [-0.05, 0) is 63.4 Å². The van der Waals surface area contributed by atoms with E-state index in [9.17, 15) is 5.11 Å². The lowest BCUT2D eigenvalue weighted by Crippen LogP contribution is -2.30. The summed E-state index contributed by atoms with van der Waals surface area (Å²) in [5.74, 6) is 0.230. The summed E-state index contributed by atoms with van der Waals surface area (Å²) in [5, 5.41) is 9.76. The van der Waals surface area contributed by atoms with Crippen LogP contribution in [0.15, 0.2) is 21.1 Å². The summed E-state index contributed by atoms with van der Waals surface area (Å²) in [6, 6.07) is 3.88. The van der Waals surface area contributed by atoms with Gasteiger partial charge in [0.05, 0.1) is 22.2 Å². The molecule has 0 aromatic heterocycles. The lowest BCUT2D eigenvalue weighted by molar-refractivity contribution is 0.0797. The Hall–Kier alpha value is -0.140. The lowest BCUT2D eigenvalue weighted by Gasteiger charge is -2.22. The highest BCUT2D eigenvalue weighted by atomic mass is 79.9. The first-order valence-corrected chi connectivity index (χ1v) is 8.71. The number of hydrogen-bond acceptors (Lipinski definition) is 4. The van der Waals surface area contributed by atoms with Crippen molar-refractivity contribution in [3.8, 4) is 5.75 Å². The third kappa shape index (κ3) is 7.10. The Labute approximate surface area is 143 Å². The van der Waals surface area contributed by atoms with Crippen molar-refractivity contribution in [2.75, 3.05) is 39.5 Å². The highest BCUT2D eigenvalue weighted by molar-refractivity contribution is 9.11. The monoisotopic (exact) mass is 423 g/mol. The first kappa shape index (κ1) is 18.9. The fourth-order valence-electron chi connectivity index (χ4n) is 1.91. The van der Waals surface area contributed by atoms with E-state index in [0.29, 0.717) is 22.2 Å². The first-order valence-electron chi connectivity index (χ1n) is 7.13. The van der Waals surface area contributed by atoms with E-state index >= 15 is 0 Å². The summed E-state index contributed by atoms with van der Waals surface area (Å²) < 4.78 is 12.3. The largest absolute Gasteiger partial charge is 0.506 e. The van der Waals surface area contributed by atoms with Crippen LogP contribution in [0.5, 0.6) is 5.75 Å². The predicted molar refractivity (Wildman–Crippen MR) is 91.8 cm³/mol. The molecule has 120 valence electrons. The molecule has 1 aromatic rings. The molecule has 1 N–H and O–H groups in total. The number of hydrogen-bond donors (Lipinski definition) is 1. The maximum atomic E-state index is 9.76. The Morgan fingerprint density at radius 3 is 1.90 bits per heavy atom. The number of rotatable bonds is 10. The summed E-state index contributed by atoms with van der Waals surface area (Å²) in [7, 11) is 0. The van der Waals surface area contributed by atoms with Gasteiger partial charge in [-0.2, -0.15) is 0 Å². The van der Waals surface area contributed by atoms with Crippen molar-refractivity contribution in [2.45, 2.75) is 20.4 Å². The maximum absolute atomic E-state index is 9.76. The van der Waals surface area contributed by atoms with Crippen LogP contribution in [0.2, 0.25) is 0 Å². The topological polar surface area (TPSA) is 41.9 Å². The zero-order valence-electron chi connectivity index (χ0n) is 12.6. The third-order valence-corrected chi connectivity index (χ3v) is 4.20. The number of nitrogens with zero attached hydrogens (tertiary/aromatic N) is 1.